The number of ketones is 1. The van der Waals surface area contributed by atoms with Gasteiger partial charge in [-0.3, -0.25) is 4.79 Å². The Kier molecular flexibility index (Phi) is 2.81. The van der Waals surface area contributed by atoms with Gasteiger partial charge >= 0.3 is 0 Å². The van der Waals surface area contributed by atoms with E-state index in [1.165, 1.54) is 6.07 Å². The summed E-state index contributed by atoms with van der Waals surface area (Å²) in [5, 5.41) is 0. The fraction of sp³-hybridized carbons (Fsp3) is 0.167. The van der Waals surface area contributed by atoms with E-state index in [9.17, 15) is 9.18 Å². The van der Waals surface area contributed by atoms with Gasteiger partial charge < -0.3 is 4.57 Å². The zero-order valence-electron chi connectivity index (χ0n) is 8.85. The molecule has 0 saturated heterocycles. The summed E-state index contributed by atoms with van der Waals surface area (Å²) in [5.41, 5.74) is 0.399. The highest BCUT2D eigenvalue weighted by molar-refractivity contribution is 5.94. The van der Waals surface area contributed by atoms with E-state index in [1.54, 1.807) is 42.2 Å². The summed E-state index contributed by atoms with van der Waals surface area (Å²) >= 11 is 0. The van der Waals surface area contributed by atoms with Crippen molar-refractivity contribution in [2.24, 2.45) is 7.05 Å². The van der Waals surface area contributed by atoms with Crippen LogP contribution in [0.15, 0.2) is 36.7 Å². The van der Waals surface area contributed by atoms with Crippen LogP contribution in [0.4, 0.5) is 4.39 Å². The molecule has 0 aliphatic heterocycles. The summed E-state index contributed by atoms with van der Waals surface area (Å²) in [4.78, 5) is 15.7. The van der Waals surface area contributed by atoms with Crippen LogP contribution in [0, 0.1) is 5.82 Å². The third kappa shape index (κ3) is 2.00. The molecule has 0 spiro atoms. The molecule has 0 amide bonds. The number of aromatic nitrogens is 2. The highest BCUT2D eigenvalue weighted by Gasteiger charge is 2.13. The SMILES string of the molecule is Cn1ccnc1C(=O)Cc1ccccc1F. The topological polar surface area (TPSA) is 34.9 Å². The number of hydrogen-bond acceptors (Lipinski definition) is 2. The Bertz CT molecular complexity index is 519. The second kappa shape index (κ2) is 4.26. The first-order chi connectivity index (χ1) is 7.68. The summed E-state index contributed by atoms with van der Waals surface area (Å²) in [7, 11) is 1.74. The molecule has 1 heterocycles. The maximum absolute atomic E-state index is 13.3. The molecule has 2 aromatic rings. The number of carbonyl (C=O) groups excluding carboxylic acids is 1. The quantitative estimate of drug-likeness (QED) is 0.738. The zero-order valence-corrected chi connectivity index (χ0v) is 8.85. The predicted molar refractivity (Wildman–Crippen MR) is 57.6 cm³/mol. The lowest BCUT2D eigenvalue weighted by molar-refractivity contribution is 0.0979. The van der Waals surface area contributed by atoms with Gasteiger partial charge in [-0.25, -0.2) is 9.37 Å². The van der Waals surface area contributed by atoms with Crippen molar-refractivity contribution in [1.29, 1.82) is 0 Å². The van der Waals surface area contributed by atoms with Gasteiger partial charge in [0, 0.05) is 25.9 Å². The number of carbonyl (C=O) groups is 1. The van der Waals surface area contributed by atoms with E-state index in [-0.39, 0.29) is 18.0 Å². The molecule has 0 aliphatic rings. The Balaban J connectivity index is 2.21. The fourth-order valence-corrected chi connectivity index (χ4v) is 1.53. The minimum Gasteiger partial charge on any atom is -0.332 e. The van der Waals surface area contributed by atoms with E-state index in [0.29, 0.717) is 11.4 Å². The summed E-state index contributed by atoms with van der Waals surface area (Å²) < 4.78 is 14.9. The summed E-state index contributed by atoms with van der Waals surface area (Å²) in [6, 6.07) is 6.27. The Morgan fingerprint density at radius 2 is 2.19 bits per heavy atom. The standard InChI is InChI=1S/C12H11FN2O/c1-15-7-6-14-12(15)11(16)8-9-4-2-3-5-10(9)13/h2-7H,8H2,1H3. The molecule has 3 nitrogen and oxygen atoms in total. The van der Waals surface area contributed by atoms with Gasteiger partial charge in [0.15, 0.2) is 5.82 Å². The van der Waals surface area contributed by atoms with Crippen molar-refractivity contribution in [1.82, 2.24) is 9.55 Å². The van der Waals surface area contributed by atoms with Gasteiger partial charge in [-0.15, -0.1) is 0 Å². The summed E-state index contributed by atoms with van der Waals surface area (Å²) in [5.74, 6) is -0.189. The molecular weight excluding hydrogens is 207 g/mol. The molecular formula is C12H11FN2O. The fourth-order valence-electron chi connectivity index (χ4n) is 1.53. The minimum absolute atomic E-state index is 0.0392. The lowest BCUT2D eigenvalue weighted by atomic mass is 10.1. The molecule has 0 aliphatic carbocycles. The molecule has 0 radical (unpaired) electrons. The normalized spacial score (nSPS) is 10.4. The maximum Gasteiger partial charge on any atom is 0.202 e. The van der Waals surface area contributed by atoms with Gasteiger partial charge in [-0.2, -0.15) is 0 Å². The number of hydrogen-bond donors (Lipinski definition) is 0. The molecule has 2 rings (SSSR count). The Morgan fingerprint density at radius 3 is 2.81 bits per heavy atom. The molecule has 1 aromatic carbocycles. The first-order valence-corrected chi connectivity index (χ1v) is 4.92. The number of imidazole rings is 1. The van der Waals surface area contributed by atoms with E-state index in [0.717, 1.165) is 0 Å². The van der Waals surface area contributed by atoms with Crippen molar-refractivity contribution in [3.63, 3.8) is 0 Å². The highest BCUT2D eigenvalue weighted by atomic mass is 19.1. The largest absolute Gasteiger partial charge is 0.332 e. The summed E-state index contributed by atoms with van der Waals surface area (Å²) in [6.45, 7) is 0. The van der Waals surface area contributed by atoms with Gasteiger partial charge in [0.1, 0.15) is 5.82 Å². The Hall–Kier alpha value is -1.97. The smallest absolute Gasteiger partial charge is 0.202 e. The molecule has 1 aromatic heterocycles. The molecule has 0 saturated carbocycles. The van der Waals surface area contributed by atoms with E-state index in [1.807, 2.05) is 0 Å². The molecule has 0 atom stereocenters. The van der Waals surface area contributed by atoms with Crippen molar-refractivity contribution in [2.75, 3.05) is 0 Å². The average Bonchev–Trinajstić information content (AvgIpc) is 2.68. The third-order valence-electron chi connectivity index (χ3n) is 2.38. The summed E-state index contributed by atoms with van der Waals surface area (Å²) in [6.07, 6.45) is 3.28. The average molecular weight is 218 g/mol. The number of halogens is 1. The second-order valence-corrected chi connectivity index (χ2v) is 3.55. The number of rotatable bonds is 3. The lowest BCUT2D eigenvalue weighted by Crippen LogP contribution is -2.11. The molecule has 0 N–H and O–H groups in total. The molecule has 0 bridgehead atoms. The van der Waals surface area contributed by atoms with Gasteiger partial charge in [0.25, 0.3) is 0 Å². The van der Waals surface area contributed by atoms with Crippen LogP contribution in [0.2, 0.25) is 0 Å². The van der Waals surface area contributed by atoms with Crippen LogP contribution in [0.1, 0.15) is 16.2 Å². The van der Waals surface area contributed by atoms with E-state index in [2.05, 4.69) is 4.98 Å². The molecule has 0 unspecified atom stereocenters. The maximum atomic E-state index is 13.3. The van der Waals surface area contributed by atoms with Crippen molar-refractivity contribution in [2.45, 2.75) is 6.42 Å². The Labute approximate surface area is 92.5 Å². The molecule has 0 fully saturated rings. The van der Waals surface area contributed by atoms with Crippen LogP contribution in [0.25, 0.3) is 0 Å². The van der Waals surface area contributed by atoms with Crippen molar-refractivity contribution in [3.8, 4) is 0 Å². The number of benzene rings is 1. The van der Waals surface area contributed by atoms with E-state index in [4.69, 9.17) is 0 Å². The first-order valence-electron chi connectivity index (χ1n) is 4.92. The van der Waals surface area contributed by atoms with Crippen LogP contribution in [0.3, 0.4) is 0 Å². The molecule has 4 heteroatoms. The van der Waals surface area contributed by atoms with Crippen LogP contribution < -0.4 is 0 Å². The van der Waals surface area contributed by atoms with Crippen molar-refractivity contribution < 1.29 is 9.18 Å². The van der Waals surface area contributed by atoms with Crippen molar-refractivity contribution in [3.05, 3.63) is 53.9 Å². The predicted octanol–water partition coefficient (Wildman–Crippen LogP) is 1.98. The van der Waals surface area contributed by atoms with Gasteiger partial charge in [0.05, 0.1) is 0 Å². The molecule has 82 valence electrons. The highest BCUT2D eigenvalue weighted by Crippen LogP contribution is 2.09. The monoisotopic (exact) mass is 218 g/mol. The first kappa shape index (κ1) is 10.5. The van der Waals surface area contributed by atoms with Crippen LogP contribution in [-0.4, -0.2) is 15.3 Å². The van der Waals surface area contributed by atoms with Gasteiger partial charge in [0.2, 0.25) is 5.78 Å². The van der Waals surface area contributed by atoms with E-state index < -0.39 is 0 Å². The minimum atomic E-state index is -0.356. The van der Waals surface area contributed by atoms with E-state index >= 15 is 0 Å². The molecule has 16 heavy (non-hydrogen) atoms. The van der Waals surface area contributed by atoms with Crippen molar-refractivity contribution >= 4 is 5.78 Å². The Morgan fingerprint density at radius 1 is 1.44 bits per heavy atom. The van der Waals surface area contributed by atoms with Gasteiger partial charge in [-0.05, 0) is 11.6 Å². The number of Topliss-reactive ketones (excluding diaryl/α,β-unsaturated/α-hetero) is 1. The third-order valence-corrected chi connectivity index (χ3v) is 2.38. The van der Waals surface area contributed by atoms with Gasteiger partial charge in [-0.1, -0.05) is 18.2 Å². The van der Waals surface area contributed by atoms with Crippen LogP contribution >= 0.6 is 0 Å². The van der Waals surface area contributed by atoms with Crippen LogP contribution in [-0.2, 0) is 13.5 Å². The second-order valence-electron chi connectivity index (χ2n) is 3.55. The number of nitrogens with zero attached hydrogens (tertiary/aromatic N) is 2. The number of aryl methyl sites for hydroxylation is 1. The zero-order chi connectivity index (χ0) is 11.5. The lowest BCUT2D eigenvalue weighted by Gasteiger charge is -2.02. The van der Waals surface area contributed by atoms with Crippen LogP contribution in [0.5, 0.6) is 0 Å².